The highest BCUT2D eigenvalue weighted by Gasteiger charge is 2.32. The highest BCUT2D eigenvalue weighted by Crippen LogP contribution is 2.31. The summed E-state index contributed by atoms with van der Waals surface area (Å²) in [6.45, 7) is 8.43. The summed E-state index contributed by atoms with van der Waals surface area (Å²) in [5, 5.41) is 0. The lowest BCUT2D eigenvalue weighted by Crippen LogP contribution is -2.34. The van der Waals surface area contributed by atoms with Crippen LogP contribution in [0.25, 0.3) is 0 Å². The number of rotatable bonds is 10. The quantitative estimate of drug-likeness (QED) is 0.469. The largest absolute Gasteiger partial charge is 0.461 e. The molecule has 2 aromatic rings. The fourth-order valence-corrected chi connectivity index (χ4v) is 3.32. The number of esters is 2. The summed E-state index contributed by atoms with van der Waals surface area (Å²) < 4.78 is 11.4. The van der Waals surface area contributed by atoms with Gasteiger partial charge in [-0.1, -0.05) is 63.1 Å². The van der Waals surface area contributed by atoms with E-state index in [-0.39, 0.29) is 30.6 Å². The van der Waals surface area contributed by atoms with Gasteiger partial charge in [-0.25, -0.2) is 9.59 Å². The Balaban J connectivity index is 2.09. The van der Waals surface area contributed by atoms with Crippen LogP contribution in [-0.2, 0) is 9.47 Å². The molecule has 0 bridgehead atoms. The number of aryl methyl sites for hydroxylation is 2. The summed E-state index contributed by atoms with van der Waals surface area (Å²) in [5.41, 5.74) is 2.54. The van der Waals surface area contributed by atoms with E-state index < -0.39 is 0 Å². The Bertz CT molecular complexity index is 764. The molecule has 0 unspecified atom stereocenters. The lowest BCUT2D eigenvalue weighted by molar-refractivity contribution is -0.0112. The second-order valence-corrected chi connectivity index (χ2v) is 7.74. The Morgan fingerprint density at radius 1 is 0.793 bits per heavy atom. The first kappa shape index (κ1) is 22.7. The van der Waals surface area contributed by atoms with Gasteiger partial charge < -0.3 is 9.47 Å². The highest BCUT2D eigenvalue weighted by atomic mass is 16.5. The number of unbranched alkanes of at least 4 members (excludes halogenated alkanes) is 1. The fourth-order valence-electron chi connectivity index (χ4n) is 3.32. The zero-order valence-corrected chi connectivity index (χ0v) is 18.0. The van der Waals surface area contributed by atoms with Gasteiger partial charge in [0, 0.05) is 5.41 Å². The molecule has 156 valence electrons. The van der Waals surface area contributed by atoms with Gasteiger partial charge in [0.15, 0.2) is 0 Å². The first-order valence-electron chi connectivity index (χ1n) is 10.4. The maximum absolute atomic E-state index is 12.6. The van der Waals surface area contributed by atoms with Gasteiger partial charge >= 0.3 is 11.9 Å². The van der Waals surface area contributed by atoms with E-state index in [4.69, 9.17) is 9.47 Å². The third kappa shape index (κ3) is 6.18. The van der Waals surface area contributed by atoms with Crippen molar-refractivity contribution in [2.24, 2.45) is 5.41 Å². The summed E-state index contributed by atoms with van der Waals surface area (Å²) >= 11 is 0. The minimum absolute atomic E-state index is 0.234. The maximum atomic E-state index is 12.6. The SMILES string of the molecule is CCCCC(CC)(COC(=O)c1ccccc1C)COC(=O)c1ccccc1C. The smallest absolute Gasteiger partial charge is 0.338 e. The van der Waals surface area contributed by atoms with Gasteiger partial charge in [-0.05, 0) is 49.9 Å². The van der Waals surface area contributed by atoms with Crippen molar-refractivity contribution in [3.05, 3.63) is 70.8 Å². The van der Waals surface area contributed by atoms with Crippen LogP contribution < -0.4 is 0 Å². The molecule has 2 aromatic carbocycles. The van der Waals surface area contributed by atoms with Crippen molar-refractivity contribution in [2.45, 2.75) is 53.4 Å². The van der Waals surface area contributed by atoms with Crippen molar-refractivity contribution in [3.8, 4) is 0 Å². The van der Waals surface area contributed by atoms with Crippen LogP contribution >= 0.6 is 0 Å². The molecule has 0 aliphatic heterocycles. The number of carbonyl (C=O) groups excluding carboxylic acids is 2. The van der Waals surface area contributed by atoms with Gasteiger partial charge in [-0.15, -0.1) is 0 Å². The molecule has 29 heavy (non-hydrogen) atoms. The van der Waals surface area contributed by atoms with Gasteiger partial charge in [0.1, 0.15) is 13.2 Å². The third-order valence-corrected chi connectivity index (χ3v) is 5.56. The Morgan fingerprint density at radius 2 is 1.24 bits per heavy atom. The molecule has 0 N–H and O–H groups in total. The Labute approximate surface area is 174 Å². The van der Waals surface area contributed by atoms with E-state index in [1.807, 2.05) is 50.2 Å². The van der Waals surface area contributed by atoms with E-state index in [1.54, 1.807) is 12.1 Å². The van der Waals surface area contributed by atoms with Crippen molar-refractivity contribution in [1.29, 1.82) is 0 Å². The number of hydrogen-bond donors (Lipinski definition) is 0. The summed E-state index contributed by atoms with van der Waals surface area (Å²) in [6, 6.07) is 14.8. The summed E-state index contributed by atoms with van der Waals surface area (Å²) in [4.78, 5) is 25.2. The highest BCUT2D eigenvalue weighted by molar-refractivity contribution is 5.91. The molecule has 4 nitrogen and oxygen atoms in total. The minimum atomic E-state index is -0.382. The molecule has 0 atom stereocenters. The average Bonchev–Trinajstić information content (AvgIpc) is 2.74. The van der Waals surface area contributed by atoms with Crippen LogP contribution in [-0.4, -0.2) is 25.2 Å². The number of hydrogen-bond acceptors (Lipinski definition) is 4. The molecule has 4 heteroatoms. The van der Waals surface area contributed by atoms with Crippen LogP contribution in [0.4, 0.5) is 0 Å². The lowest BCUT2D eigenvalue weighted by Gasteiger charge is -2.32. The zero-order chi connectivity index (χ0) is 21.3. The number of ether oxygens (including phenoxy) is 2. The predicted molar refractivity (Wildman–Crippen MR) is 115 cm³/mol. The van der Waals surface area contributed by atoms with Gasteiger partial charge in [0.25, 0.3) is 0 Å². The van der Waals surface area contributed by atoms with Crippen molar-refractivity contribution in [3.63, 3.8) is 0 Å². The van der Waals surface area contributed by atoms with Gasteiger partial charge in [0.05, 0.1) is 11.1 Å². The van der Waals surface area contributed by atoms with E-state index in [0.717, 1.165) is 36.8 Å². The van der Waals surface area contributed by atoms with Crippen molar-refractivity contribution in [1.82, 2.24) is 0 Å². The molecule has 0 spiro atoms. The topological polar surface area (TPSA) is 52.6 Å². The summed E-state index contributed by atoms with van der Waals surface area (Å²) in [5.74, 6) is -0.662. The van der Waals surface area contributed by atoms with Crippen LogP contribution in [0.15, 0.2) is 48.5 Å². The zero-order valence-electron chi connectivity index (χ0n) is 18.0. The number of benzene rings is 2. The molecule has 0 heterocycles. The van der Waals surface area contributed by atoms with E-state index in [1.165, 1.54) is 0 Å². The average molecular weight is 397 g/mol. The monoisotopic (exact) mass is 396 g/mol. The van der Waals surface area contributed by atoms with Crippen molar-refractivity contribution < 1.29 is 19.1 Å². The first-order chi connectivity index (χ1) is 13.9. The molecule has 0 aromatic heterocycles. The second-order valence-electron chi connectivity index (χ2n) is 7.74. The molecule has 0 radical (unpaired) electrons. The van der Waals surface area contributed by atoms with Gasteiger partial charge in [-0.2, -0.15) is 0 Å². The van der Waals surface area contributed by atoms with Gasteiger partial charge in [-0.3, -0.25) is 0 Å². The Hall–Kier alpha value is -2.62. The minimum Gasteiger partial charge on any atom is -0.461 e. The molecule has 0 aliphatic carbocycles. The summed E-state index contributed by atoms with van der Waals surface area (Å²) in [6.07, 6.45) is 3.61. The molecule has 0 saturated heterocycles. The van der Waals surface area contributed by atoms with Crippen molar-refractivity contribution >= 4 is 11.9 Å². The molecule has 0 saturated carbocycles. The molecule has 0 aliphatic rings. The van der Waals surface area contributed by atoms with Crippen LogP contribution in [0.1, 0.15) is 71.4 Å². The first-order valence-corrected chi connectivity index (χ1v) is 10.4. The molecule has 2 rings (SSSR count). The third-order valence-electron chi connectivity index (χ3n) is 5.56. The van der Waals surface area contributed by atoms with E-state index in [0.29, 0.717) is 11.1 Å². The molecular weight excluding hydrogens is 364 g/mol. The number of carbonyl (C=O) groups is 2. The van der Waals surface area contributed by atoms with E-state index in [9.17, 15) is 9.59 Å². The predicted octanol–water partition coefficient (Wildman–Crippen LogP) is 5.90. The Kier molecular flexibility index (Phi) is 8.44. The molecule has 0 amide bonds. The van der Waals surface area contributed by atoms with E-state index >= 15 is 0 Å². The van der Waals surface area contributed by atoms with Crippen LogP contribution in [0.5, 0.6) is 0 Å². The Morgan fingerprint density at radius 3 is 1.62 bits per heavy atom. The van der Waals surface area contributed by atoms with Crippen LogP contribution in [0, 0.1) is 19.3 Å². The van der Waals surface area contributed by atoms with Gasteiger partial charge in [0.2, 0.25) is 0 Å². The lowest BCUT2D eigenvalue weighted by atomic mass is 9.81. The van der Waals surface area contributed by atoms with E-state index in [2.05, 4.69) is 13.8 Å². The van der Waals surface area contributed by atoms with Crippen LogP contribution in [0.3, 0.4) is 0 Å². The fraction of sp³-hybridized carbons (Fsp3) is 0.440. The molecular formula is C25H32O4. The second kappa shape index (κ2) is 10.8. The standard InChI is InChI=1S/C25H32O4/c1-5-7-16-25(6-2,17-28-23(26)21-14-10-8-12-19(21)3)18-29-24(27)22-15-11-9-13-20(22)4/h8-15H,5-7,16-18H2,1-4H3. The summed E-state index contributed by atoms with van der Waals surface area (Å²) in [7, 11) is 0. The van der Waals surface area contributed by atoms with Crippen molar-refractivity contribution in [2.75, 3.05) is 13.2 Å². The normalized spacial score (nSPS) is 11.2. The van der Waals surface area contributed by atoms with Crippen LogP contribution in [0.2, 0.25) is 0 Å². The maximum Gasteiger partial charge on any atom is 0.338 e. The molecule has 0 fully saturated rings.